The zero-order valence-electron chi connectivity index (χ0n) is 8.20. The smallest absolute Gasteiger partial charge is 0.305 e. The SMILES string of the molecule is CC(C)c1ncc(Br)n1CCC(=O)O. The number of carboxylic acids is 1. The van der Waals surface area contributed by atoms with Gasteiger partial charge < -0.3 is 9.67 Å². The van der Waals surface area contributed by atoms with Crippen molar-refractivity contribution < 1.29 is 9.90 Å². The molecule has 1 aromatic heterocycles. The average molecular weight is 261 g/mol. The van der Waals surface area contributed by atoms with Gasteiger partial charge in [0, 0.05) is 12.5 Å². The van der Waals surface area contributed by atoms with E-state index in [2.05, 4.69) is 20.9 Å². The Labute approximate surface area is 91.1 Å². The highest BCUT2D eigenvalue weighted by atomic mass is 79.9. The number of rotatable bonds is 4. The van der Waals surface area contributed by atoms with Crippen LogP contribution >= 0.6 is 15.9 Å². The highest BCUT2D eigenvalue weighted by Gasteiger charge is 2.11. The first-order valence-corrected chi connectivity index (χ1v) is 5.24. The van der Waals surface area contributed by atoms with Crippen molar-refractivity contribution in [3.8, 4) is 0 Å². The number of carbonyl (C=O) groups is 1. The van der Waals surface area contributed by atoms with Crippen LogP contribution in [-0.4, -0.2) is 20.6 Å². The van der Waals surface area contributed by atoms with Crippen molar-refractivity contribution in [2.75, 3.05) is 0 Å². The minimum absolute atomic E-state index is 0.120. The van der Waals surface area contributed by atoms with Crippen LogP contribution in [0.3, 0.4) is 0 Å². The number of halogens is 1. The Hall–Kier alpha value is -0.840. The molecular weight excluding hydrogens is 248 g/mol. The Kier molecular flexibility index (Phi) is 3.69. The molecule has 14 heavy (non-hydrogen) atoms. The van der Waals surface area contributed by atoms with E-state index < -0.39 is 5.97 Å². The van der Waals surface area contributed by atoms with Gasteiger partial charge >= 0.3 is 5.97 Å². The summed E-state index contributed by atoms with van der Waals surface area (Å²) in [6.45, 7) is 4.53. The molecule has 0 bridgehead atoms. The van der Waals surface area contributed by atoms with E-state index in [-0.39, 0.29) is 6.42 Å². The van der Waals surface area contributed by atoms with Crippen LogP contribution in [0, 0.1) is 0 Å². The zero-order chi connectivity index (χ0) is 10.7. The number of aliphatic carboxylic acids is 1. The zero-order valence-corrected chi connectivity index (χ0v) is 9.78. The quantitative estimate of drug-likeness (QED) is 0.904. The van der Waals surface area contributed by atoms with E-state index in [1.807, 2.05) is 18.4 Å². The fourth-order valence-corrected chi connectivity index (χ4v) is 1.72. The molecule has 0 fully saturated rings. The molecule has 1 heterocycles. The van der Waals surface area contributed by atoms with Crippen molar-refractivity contribution in [3.05, 3.63) is 16.6 Å². The van der Waals surface area contributed by atoms with Crippen LogP contribution in [0.4, 0.5) is 0 Å². The summed E-state index contributed by atoms with van der Waals surface area (Å²) in [6.07, 6.45) is 1.83. The number of carboxylic acid groups (broad SMARTS) is 1. The molecule has 4 nitrogen and oxygen atoms in total. The van der Waals surface area contributed by atoms with Crippen LogP contribution in [-0.2, 0) is 11.3 Å². The molecule has 1 rings (SSSR count). The third-order valence-electron chi connectivity index (χ3n) is 1.90. The molecule has 1 aromatic rings. The van der Waals surface area contributed by atoms with Gasteiger partial charge in [0.25, 0.3) is 0 Å². The molecule has 1 N–H and O–H groups in total. The second kappa shape index (κ2) is 4.59. The number of aromatic nitrogens is 2. The predicted molar refractivity (Wildman–Crippen MR) is 56.3 cm³/mol. The number of hydrogen-bond donors (Lipinski definition) is 1. The maximum Gasteiger partial charge on any atom is 0.305 e. The normalized spacial score (nSPS) is 10.9. The van der Waals surface area contributed by atoms with E-state index in [0.29, 0.717) is 12.5 Å². The van der Waals surface area contributed by atoms with E-state index in [9.17, 15) is 4.79 Å². The summed E-state index contributed by atoms with van der Waals surface area (Å²) in [7, 11) is 0. The lowest BCUT2D eigenvalue weighted by atomic mass is 10.2. The average Bonchev–Trinajstić information content (AvgIpc) is 2.43. The van der Waals surface area contributed by atoms with Crippen molar-refractivity contribution in [2.45, 2.75) is 32.7 Å². The molecule has 5 heteroatoms. The molecule has 78 valence electrons. The molecular formula is C9H13BrN2O2. The summed E-state index contributed by atoms with van der Waals surface area (Å²) in [5.74, 6) is 0.425. The second-order valence-electron chi connectivity index (χ2n) is 3.39. The lowest BCUT2D eigenvalue weighted by Crippen LogP contribution is -2.09. The monoisotopic (exact) mass is 260 g/mol. The molecule has 0 aliphatic rings. The van der Waals surface area contributed by atoms with E-state index in [0.717, 1.165) is 10.4 Å². The van der Waals surface area contributed by atoms with Crippen molar-refractivity contribution in [1.29, 1.82) is 0 Å². The highest BCUT2D eigenvalue weighted by Crippen LogP contribution is 2.19. The summed E-state index contributed by atoms with van der Waals surface area (Å²) < 4.78 is 2.72. The van der Waals surface area contributed by atoms with Gasteiger partial charge in [0.1, 0.15) is 10.4 Å². The van der Waals surface area contributed by atoms with E-state index in [1.165, 1.54) is 0 Å². The maximum atomic E-state index is 10.4. The molecule has 0 aliphatic heterocycles. The van der Waals surface area contributed by atoms with Gasteiger partial charge in [-0.3, -0.25) is 4.79 Å². The first kappa shape index (κ1) is 11.2. The van der Waals surface area contributed by atoms with E-state index in [1.54, 1.807) is 6.20 Å². The summed E-state index contributed by atoms with van der Waals surface area (Å²) in [4.78, 5) is 14.7. The Balaban J connectivity index is 2.82. The predicted octanol–water partition coefficient (Wildman–Crippen LogP) is 2.24. The van der Waals surface area contributed by atoms with Crippen LogP contribution in [0.15, 0.2) is 10.8 Å². The molecule has 0 aromatic carbocycles. The molecule has 0 aliphatic carbocycles. The topological polar surface area (TPSA) is 55.1 Å². The van der Waals surface area contributed by atoms with Crippen LogP contribution in [0.2, 0.25) is 0 Å². The van der Waals surface area contributed by atoms with Crippen molar-refractivity contribution in [1.82, 2.24) is 9.55 Å². The Morgan fingerprint density at radius 3 is 2.86 bits per heavy atom. The van der Waals surface area contributed by atoms with E-state index >= 15 is 0 Å². The minimum atomic E-state index is -0.791. The number of imidazole rings is 1. The number of nitrogens with zero attached hydrogens (tertiary/aromatic N) is 2. The molecule has 0 saturated carbocycles. The van der Waals surface area contributed by atoms with Crippen LogP contribution in [0.1, 0.15) is 32.0 Å². The molecule has 0 amide bonds. The molecule has 0 spiro atoms. The summed E-state index contributed by atoms with van der Waals surface area (Å²) in [5, 5.41) is 8.58. The van der Waals surface area contributed by atoms with Crippen molar-refractivity contribution in [3.63, 3.8) is 0 Å². The van der Waals surface area contributed by atoms with Gasteiger partial charge in [-0.25, -0.2) is 4.98 Å². The van der Waals surface area contributed by atoms with Gasteiger partial charge in [0.05, 0.1) is 12.6 Å². The van der Waals surface area contributed by atoms with Gasteiger partial charge in [-0.1, -0.05) is 13.8 Å². The van der Waals surface area contributed by atoms with Crippen LogP contribution < -0.4 is 0 Å². The van der Waals surface area contributed by atoms with E-state index in [4.69, 9.17) is 5.11 Å². The van der Waals surface area contributed by atoms with Gasteiger partial charge in [-0.2, -0.15) is 0 Å². The highest BCUT2D eigenvalue weighted by molar-refractivity contribution is 9.10. The number of hydrogen-bond acceptors (Lipinski definition) is 2. The van der Waals surface area contributed by atoms with Gasteiger partial charge in [-0.05, 0) is 15.9 Å². The fourth-order valence-electron chi connectivity index (χ4n) is 1.26. The first-order valence-electron chi connectivity index (χ1n) is 4.45. The molecule has 0 atom stereocenters. The summed E-state index contributed by atoms with van der Waals surface area (Å²) in [6, 6.07) is 0. The lowest BCUT2D eigenvalue weighted by molar-refractivity contribution is -0.137. The van der Waals surface area contributed by atoms with Gasteiger partial charge in [-0.15, -0.1) is 0 Å². The Bertz CT molecular complexity index is 334. The van der Waals surface area contributed by atoms with Gasteiger partial charge in [0.2, 0.25) is 0 Å². The third-order valence-corrected chi connectivity index (χ3v) is 2.54. The second-order valence-corrected chi connectivity index (χ2v) is 4.20. The largest absolute Gasteiger partial charge is 0.481 e. The van der Waals surface area contributed by atoms with Crippen molar-refractivity contribution >= 4 is 21.9 Å². The Morgan fingerprint density at radius 1 is 1.71 bits per heavy atom. The van der Waals surface area contributed by atoms with Gasteiger partial charge in [0.15, 0.2) is 0 Å². The van der Waals surface area contributed by atoms with Crippen molar-refractivity contribution in [2.24, 2.45) is 0 Å². The molecule has 0 unspecified atom stereocenters. The van der Waals surface area contributed by atoms with Crippen LogP contribution in [0.25, 0.3) is 0 Å². The minimum Gasteiger partial charge on any atom is -0.481 e. The molecule has 0 saturated heterocycles. The first-order chi connectivity index (χ1) is 6.52. The maximum absolute atomic E-state index is 10.4. The third kappa shape index (κ3) is 2.57. The lowest BCUT2D eigenvalue weighted by Gasteiger charge is -2.09. The summed E-state index contributed by atoms with van der Waals surface area (Å²) in [5.41, 5.74) is 0. The Morgan fingerprint density at radius 2 is 2.36 bits per heavy atom. The molecule has 0 radical (unpaired) electrons. The fraction of sp³-hybridized carbons (Fsp3) is 0.556. The van der Waals surface area contributed by atoms with Crippen LogP contribution in [0.5, 0.6) is 0 Å². The summed E-state index contributed by atoms with van der Waals surface area (Å²) >= 11 is 3.34. The standard InChI is InChI=1S/C9H13BrN2O2/c1-6(2)9-11-5-7(10)12(9)4-3-8(13)14/h5-6H,3-4H2,1-2H3,(H,13,14).